The van der Waals surface area contributed by atoms with Crippen molar-refractivity contribution in [3.8, 4) is 0 Å². The number of piperazine rings is 1. The van der Waals surface area contributed by atoms with Crippen molar-refractivity contribution in [1.82, 2.24) is 20.2 Å². The topological polar surface area (TPSA) is 104 Å². The number of anilines is 1. The van der Waals surface area contributed by atoms with Gasteiger partial charge in [0.1, 0.15) is 11.9 Å². The standard InChI is InChI=1S/C17H20N6O2/c18-17(25)21-16(24)15(13-4-2-1-3-5-13)23-10-8-22(9-11-23)14-12-19-6-7-20-14/h1-7,12,15H,8-11H2,(H3,18,21,24,25). The van der Waals surface area contributed by atoms with Crippen LogP contribution in [0.2, 0.25) is 0 Å². The summed E-state index contributed by atoms with van der Waals surface area (Å²) in [5, 5.41) is 2.20. The smallest absolute Gasteiger partial charge is 0.318 e. The van der Waals surface area contributed by atoms with E-state index in [-0.39, 0.29) is 0 Å². The number of aromatic nitrogens is 2. The van der Waals surface area contributed by atoms with E-state index >= 15 is 0 Å². The molecule has 8 nitrogen and oxygen atoms in total. The Hall–Kier alpha value is -3.00. The van der Waals surface area contributed by atoms with E-state index in [9.17, 15) is 9.59 Å². The first-order valence-electron chi connectivity index (χ1n) is 8.05. The number of carbonyl (C=O) groups is 2. The van der Waals surface area contributed by atoms with Crippen molar-refractivity contribution in [2.45, 2.75) is 6.04 Å². The third kappa shape index (κ3) is 4.10. The third-order valence-corrected chi connectivity index (χ3v) is 4.16. The Morgan fingerprint density at radius 2 is 1.80 bits per heavy atom. The molecule has 1 aliphatic rings. The lowest BCUT2D eigenvalue weighted by atomic mass is 10.0. The van der Waals surface area contributed by atoms with E-state index in [0.29, 0.717) is 26.2 Å². The molecule has 1 aromatic heterocycles. The molecular formula is C17H20N6O2. The maximum Gasteiger partial charge on any atom is 0.318 e. The maximum absolute atomic E-state index is 12.5. The number of nitrogens with zero attached hydrogens (tertiary/aromatic N) is 4. The summed E-state index contributed by atoms with van der Waals surface area (Å²) >= 11 is 0. The van der Waals surface area contributed by atoms with Gasteiger partial charge in [-0.2, -0.15) is 0 Å². The van der Waals surface area contributed by atoms with Gasteiger partial charge < -0.3 is 10.6 Å². The van der Waals surface area contributed by atoms with Crippen LogP contribution in [0, 0.1) is 0 Å². The van der Waals surface area contributed by atoms with E-state index < -0.39 is 18.0 Å². The average Bonchev–Trinajstić information content (AvgIpc) is 2.63. The van der Waals surface area contributed by atoms with Gasteiger partial charge in [0.15, 0.2) is 0 Å². The molecule has 1 aliphatic heterocycles. The Kier molecular flexibility index (Phi) is 5.20. The highest BCUT2D eigenvalue weighted by atomic mass is 16.2. The van der Waals surface area contributed by atoms with Gasteiger partial charge in [-0.15, -0.1) is 0 Å². The molecule has 0 spiro atoms. The number of primary amides is 1. The molecule has 2 heterocycles. The molecule has 3 amide bonds. The zero-order valence-electron chi connectivity index (χ0n) is 13.7. The molecule has 130 valence electrons. The second kappa shape index (κ2) is 7.71. The second-order valence-electron chi connectivity index (χ2n) is 5.75. The average molecular weight is 340 g/mol. The van der Waals surface area contributed by atoms with Crippen LogP contribution in [0.3, 0.4) is 0 Å². The lowest BCUT2D eigenvalue weighted by Crippen LogP contribution is -2.52. The molecule has 1 aromatic carbocycles. The fourth-order valence-electron chi connectivity index (χ4n) is 3.02. The predicted octanol–water partition coefficient (Wildman–Crippen LogP) is 0.535. The summed E-state index contributed by atoms with van der Waals surface area (Å²) in [6.45, 7) is 2.74. The van der Waals surface area contributed by atoms with Gasteiger partial charge in [-0.05, 0) is 5.56 Å². The molecule has 1 unspecified atom stereocenters. The monoisotopic (exact) mass is 340 g/mol. The summed E-state index contributed by atoms with van der Waals surface area (Å²) in [7, 11) is 0. The molecule has 3 rings (SSSR count). The SMILES string of the molecule is NC(=O)NC(=O)C(c1ccccc1)N1CCN(c2cnccn2)CC1. The largest absolute Gasteiger partial charge is 0.353 e. The van der Waals surface area contributed by atoms with Gasteiger partial charge in [0.05, 0.1) is 6.20 Å². The van der Waals surface area contributed by atoms with Gasteiger partial charge in [0.25, 0.3) is 0 Å². The minimum absolute atomic E-state index is 0.411. The van der Waals surface area contributed by atoms with E-state index in [1.165, 1.54) is 0 Å². The number of imide groups is 1. The molecule has 0 radical (unpaired) electrons. The van der Waals surface area contributed by atoms with Crippen molar-refractivity contribution in [2.75, 3.05) is 31.1 Å². The van der Waals surface area contributed by atoms with Crippen LogP contribution >= 0.6 is 0 Å². The molecule has 2 aromatic rings. The zero-order valence-corrected chi connectivity index (χ0v) is 13.7. The van der Waals surface area contributed by atoms with Gasteiger partial charge >= 0.3 is 6.03 Å². The molecule has 8 heteroatoms. The number of benzene rings is 1. The van der Waals surface area contributed by atoms with Crippen LogP contribution in [-0.2, 0) is 4.79 Å². The summed E-state index contributed by atoms with van der Waals surface area (Å²) in [6, 6.07) is 7.98. The van der Waals surface area contributed by atoms with Crippen LogP contribution in [0.25, 0.3) is 0 Å². The molecule has 0 aliphatic carbocycles. The highest BCUT2D eigenvalue weighted by Gasteiger charge is 2.31. The van der Waals surface area contributed by atoms with Crippen LogP contribution in [0.5, 0.6) is 0 Å². The molecule has 0 saturated carbocycles. The highest BCUT2D eigenvalue weighted by Crippen LogP contribution is 2.23. The van der Waals surface area contributed by atoms with Crippen molar-refractivity contribution >= 4 is 17.8 Å². The van der Waals surface area contributed by atoms with Crippen molar-refractivity contribution < 1.29 is 9.59 Å². The van der Waals surface area contributed by atoms with Crippen LogP contribution in [-0.4, -0.2) is 53.0 Å². The number of rotatable bonds is 4. The van der Waals surface area contributed by atoms with E-state index in [4.69, 9.17) is 5.73 Å². The Morgan fingerprint density at radius 3 is 2.40 bits per heavy atom. The highest BCUT2D eigenvalue weighted by molar-refractivity contribution is 5.96. The molecule has 1 fully saturated rings. The van der Waals surface area contributed by atoms with E-state index in [2.05, 4.69) is 20.2 Å². The number of urea groups is 1. The van der Waals surface area contributed by atoms with Crippen LogP contribution < -0.4 is 16.0 Å². The maximum atomic E-state index is 12.5. The Morgan fingerprint density at radius 1 is 1.08 bits per heavy atom. The number of carbonyl (C=O) groups excluding carboxylic acids is 2. The van der Waals surface area contributed by atoms with Crippen molar-refractivity contribution in [3.63, 3.8) is 0 Å². The summed E-state index contributed by atoms with van der Waals surface area (Å²) in [5.74, 6) is 0.409. The van der Waals surface area contributed by atoms with Crippen molar-refractivity contribution in [3.05, 3.63) is 54.5 Å². The number of nitrogens with two attached hydrogens (primary N) is 1. The minimum atomic E-state index is -0.843. The Balaban J connectivity index is 1.74. The van der Waals surface area contributed by atoms with Gasteiger partial charge in [0.2, 0.25) is 5.91 Å². The van der Waals surface area contributed by atoms with Crippen LogP contribution in [0.4, 0.5) is 10.6 Å². The molecule has 0 bridgehead atoms. The predicted molar refractivity (Wildman–Crippen MR) is 92.7 cm³/mol. The number of hydrogen-bond acceptors (Lipinski definition) is 6. The van der Waals surface area contributed by atoms with E-state index in [0.717, 1.165) is 11.4 Å². The normalized spacial score (nSPS) is 16.2. The summed E-state index contributed by atoms with van der Waals surface area (Å²) in [4.78, 5) is 36.2. The first-order valence-corrected chi connectivity index (χ1v) is 8.05. The quantitative estimate of drug-likeness (QED) is 0.841. The van der Waals surface area contributed by atoms with Crippen molar-refractivity contribution in [2.24, 2.45) is 5.73 Å². The number of hydrogen-bond donors (Lipinski definition) is 2. The van der Waals surface area contributed by atoms with Gasteiger partial charge in [-0.25, -0.2) is 9.78 Å². The van der Waals surface area contributed by atoms with Crippen LogP contribution in [0.15, 0.2) is 48.9 Å². The van der Waals surface area contributed by atoms with Crippen LogP contribution in [0.1, 0.15) is 11.6 Å². The molecule has 25 heavy (non-hydrogen) atoms. The van der Waals surface area contributed by atoms with E-state index in [1.807, 2.05) is 35.2 Å². The fraction of sp³-hybridized carbons (Fsp3) is 0.294. The second-order valence-corrected chi connectivity index (χ2v) is 5.75. The fourth-order valence-corrected chi connectivity index (χ4v) is 3.02. The number of amides is 3. The van der Waals surface area contributed by atoms with Crippen molar-refractivity contribution in [1.29, 1.82) is 0 Å². The summed E-state index contributed by atoms with van der Waals surface area (Å²) < 4.78 is 0. The Labute approximate surface area is 145 Å². The molecule has 1 atom stereocenters. The van der Waals surface area contributed by atoms with E-state index in [1.54, 1.807) is 18.6 Å². The Bertz CT molecular complexity index is 716. The third-order valence-electron chi connectivity index (χ3n) is 4.16. The summed E-state index contributed by atoms with van der Waals surface area (Å²) in [5.41, 5.74) is 5.95. The number of nitrogens with one attached hydrogen (secondary N) is 1. The molecule has 1 saturated heterocycles. The minimum Gasteiger partial charge on any atom is -0.353 e. The zero-order chi connectivity index (χ0) is 17.6. The van der Waals surface area contributed by atoms with Gasteiger partial charge in [-0.1, -0.05) is 30.3 Å². The lowest BCUT2D eigenvalue weighted by Gasteiger charge is -2.39. The molecule has 3 N–H and O–H groups in total. The van der Waals surface area contributed by atoms with Gasteiger partial charge in [-0.3, -0.25) is 20.0 Å². The summed E-state index contributed by atoms with van der Waals surface area (Å²) in [6.07, 6.45) is 5.03. The lowest BCUT2D eigenvalue weighted by molar-refractivity contribution is -0.125. The first-order chi connectivity index (χ1) is 12.1. The molecular weight excluding hydrogens is 320 g/mol. The van der Waals surface area contributed by atoms with Gasteiger partial charge in [0, 0.05) is 38.6 Å². The first kappa shape index (κ1) is 16.8.